The number of halogens is 1. The largest absolute Gasteiger partial charge is 0.286 e. The van der Waals surface area contributed by atoms with Crippen LogP contribution in [0, 0.1) is 4.91 Å². The van der Waals surface area contributed by atoms with Gasteiger partial charge < -0.3 is 0 Å². The molecule has 70 valence electrons. The zero-order valence-corrected chi connectivity index (χ0v) is 8.68. The van der Waals surface area contributed by atoms with Crippen molar-refractivity contribution in [3.63, 3.8) is 0 Å². The molecule has 1 amide bonds. The van der Waals surface area contributed by atoms with Crippen LogP contribution in [0.4, 0.5) is 0 Å². The Morgan fingerprint density at radius 2 is 1.67 bits per heavy atom. The molecule has 0 N–H and O–H groups in total. The molecule has 0 aliphatic carbocycles. The molecule has 3 nitrogen and oxygen atoms in total. The maximum absolute atomic E-state index is 10.4. The fourth-order valence-corrected chi connectivity index (χ4v) is 1.34. The van der Waals surface area contributed by atoms with Gasteiger partial charge in [-0.05, 0) is 12.8 Å². The van der Waals surface area contributed by atoms with E-state index in [0.29, 0.717) is 6.42 Å². The van der Waals surface area contributed by atoms with Crippen LogP contribution >= 0.6 is 15.9 Å². The highest BCUT2D eigenvalue weighted by Gasteiger charge is 1.98. The van der Waals surface area contributed by atoms with Crippen molar-refractivity contribution in [3.8, 4) is 0 Å². The van der Waals surface area contributed by atoms with Gasteiger partial charge in [0.15, 0.2) is 0 Å². The minimum Gasteiger partial charge on any atom is -0.269 e. The molecule has 0 aromatic carbocycles. The SMILES string of the molecule is O=NC(=O)CCCCCCCBr. The molecule has 4 heteroatoms. The number of hydrogen-bond donors (Lipinski definition) is 0. The Morgan fingerprint density at radius 1 is 1.08 bits per heavy atom. The van der Waals surface area contributed by atoms with Crippen molar-refractivity contribution in [2.45, 2.75) is 38.5 Å². The van der Waals surface area contributed by atoms with Gasteiger partial charge >= 0.3 is 0 Å². The van der Waals surface area contributed by atoms with Crippen molar-refractivity contribution in [1.82, 2.24) is 0 Å². The number of hydrogen-bond acceptors (Lipinski definition) is 2. The van der Waals surface area contributed by atoms with Gasteiger partial charge in [-0.2, -0.15) is 0 Å². The van der Waals surface area contributed by atoms with Crippen LogP contribution in [-0.2, 0) is 4.79 Å². The number of amides is 1. The second-order valence-corrected chi connectivity index (χ2v) is 3.48. The van der Waals surface area contributed by atoms with E-state index in [1.54, 1.807) is 0 Å². The molecule has 0 unspecified atom stereocenters. The van der Waals surface area contributed by atoms with Crippen LogP contribution in [0.1, 0.15) is 38.5 Å². The molecule has 0 aliphatic heterocycles. The van der Waals surface area contributed by atoms with E-state index >= 15 is 0 Å². The minimum absolute atomic E-state index is 0.317. The van der Waals surface area contributed by atoms with Crippen LogP contribution in [0.3, 0.4) is 0 Å². The Kier molecular flexibility index (Phi) is 8.66. The molecule has 0 bridgehead atoms. The van der Waals surface area contributed by atoms with Gasteiger partial charge in [0.25, 0.3) is 5.91 Å². The molecule has 0 spiro atoms. The lowest BCUT2D eigenvalue weighted by Crippen LogP contribution is -1.90. The van der Waals surface area contributed by atoms with Crippen molar-refractivity contribution in [2.24, 2.45) is 5.18 Å². The van der Waals surface area contributed by atoms with Crippen LogP contribution in [0.5, 0.6) is 0 Å². The number of nitroso groups, excluding NO2 is 1. The monoisotopic (exact) mass is 235 g/mol. The van der Waals surface area contributed by atoms with Gasteiger partial charge in [-0.1, -0.05) is 35.2 Å². The lowest BCUT2D eigenvalue weighted by molar-refractivity contribution is -0.118. The summed E-state index contributed by atoms with van der Waals surface area (Å²) in [4.78, 5) is 20.1. The van der Waals surface area contributed by atoms with Gasteiger partial charge in [0.1, 0.15) is 0 Å². The lowest BCUT2D eigenvalue weighted by atomic mass is 10.1. The third-order valence-corrected chi connectivity index (χ3v) is 2.19. The summed E-state index contributed by atoms with van der Waals surface area (Å²) >= 11 is 3.34. The zero-order chi connectivity index (χ0) is 9.23. The highest BCUT2D eigenvalue weighted by atomic mass is 79.9. The van der Waals surface area contributed by atoms with E-state index in [2.05, 4.69) is 21.1 Å². The van der Waals surface area contributed by atoms with Gasteiger partial charge in [-0.25, -0.2) is 0 Å². The van der Waals surface area contributed by atoms with Crippen molar-refractivity contribution < 1.29 is 4.79 Å². The van der Waals surface area contributed by atoms with Crippen LogP contribution < -0.4 is 0 Å². The summed E-state index contributed by atoms with van der Waals surface area (Å²) in [7, 11) is 0. The topological polar surface area (TPSA) is 46.5 Å². The summed E-state index contributed by atoms with van der Waals surface area (Å²) in [6, 6.07) is 0. The van der Waals surface area contributed by atoms with Crippen LogP contribution in [0.25, 0.3) is 0 Å². The Hall–Kier alpha value is -0.250. The first-order valence-electron chi connectivity index (χ1n) is 4.23. The second-order valence-electron chi connectivity index (χ2n) is 2.69. The molecule has 0 atom stereocenters. The van der Waals surface area contributed by atoms with Gasteiger partial charge in [0, 0.05) is 16.9 Å². The molecule has 0 aliphatic rings. The number of unbranched alkanes of at least 4 members (excludes halogenated alkanes) is 4. The Bertz CT molecular complexity index is 139. The zero-order valence-electron chi connectivity index (χ0n) is 7.09. The molecular weight excluding hydrogens is 222 g/mol. The maximum Gasteiger partial charge on any atom is 0.286 e. The Morgan fingerprint density at radius 3 is 2.25 bits per heavy atom. The molecule has 0 saturated heterocycles. The van der Waals surface area contributed by atoms with E-state index in [1.165, 1.54) is 12.8 Å². The average Bonchev–Trinajstić information content (AvgIpc) is 2.10. The predicted octanol–water partition coefficient (Wildman–Crippen LogP) is 3.01. The van der Waals surface area contributed by atoms with Gasteiger partial charge in [0.05, 0.1) is 0 Å². The molecule has 12 heavy (non-hydrogen) atoms. The molecule has 0 radical (unpaired) electrons. The molecule has 0 aromatic rings. The molecule has 0 fully saturated rings. The Balaban J connectivity index is 3.00. The van der Waals surface area contributed by atoms with E-state index in [4.69, 9.17) is 0 Å². The van der Waals surface area contributed by atoms with Crippen LogP contribution in [-0.4, -0.2) is 11.2 Å². The first-order valence-corrected chi connectivity index (χ1v) is 5.35. The number of carbonyl (C=O) groups is 1. The average molecular weight is 236 g/mol. The number of alkyl halides is 1. The summed E-state index contributed by atoms with van der Waals surface area (Å²) < 4.78 is 0. The summed E-state index contributed by atoms with van der Waals surface area (Å²) in [6.45, 7) is 0. The van der Waals surface area contributed by atoms with E-state index in [0.717, 1.165) is 24.6 Å². The van der Waals surface area contributed by atoms with Gasteiger partial charge in [-0.3, -0.25) is 4.79 Å². The summed E-state index contributed by atoms with van der Waals surface area (Å²) in [6.07, 6.45) is 5.64. The van der Waals surface area contributed by atoms with Crippen molar-refractivity contribution >= 4 is 21.8 Å². The highest BCUT2D eigenvalue weighted by Crippen LogP contribution is 2.06. The molecule has 0 aromatic heterocycles. The van der Waals surface area contributed by atoms with Gasteiger partial charge in [-0.15, -0.1) is 4.91 Å². The minimum atomic E-state index is -0.518. The maximum atomic E-state index is 10.4. The number of rotatable bonds is 7. The van der Waals surface area contributed by atoms with Crippen LogP contribution in [0.15, 0.2) is 5.18 Å². The van der Waals surface area contributed by atoms with E-state index in [-0.39, 0.29) is 0 Å². The quantitative estimate of drug-likeness (QED) is 0.387. The molecule has 0 heterocycles. The first kappa shape index (κ1) is 11.8. The standard InChI is InChI=1S/C8H14BrNO2/c9-7-5-3-1-2-4-6-8(11)10-12/h1-7H2. The summed E-state index contributed by atoms with van der Waals surface area (Å²) in [5.74, 6) is -0.518. The Labute approximate surface area is 81.0 Å². The first-order chi connectivity index (χ1) is 5.81. The smallest absolute Gasteiger partial charge is 0.269 e. The fourth-order valence-electron chi connectivity index (χ4n) is 0.947. The normalized spacial score (nSPS) is 9.75. The second kappa shape index (κ2) is 8.84. The summed E-state index contributed by atoms with van der Waals surface area (Å²) in [5.41, 5.74) is 0. The van der Waals surface area contributed by atoms with Crippen LogP contribution in [0.2, 0.25) is 0 Å². The third-order valence-electron chi connectivity index (χ3n) is 1.63. The summed E-state index contributed by atoms with van der Waals surface area (Å²) in [5, 5.41) is 3.37. The molecule has 0 saturated carbocycles. The van der Waals surface area contributed by atoms with E-state index in [9.17, 15) is 9.70 Å². The fraction of sp³-hybridized carbons (Fsp3) is 0.875. The predicted molar refractivity (Wildman–Crippen MR) is 52.3 cm³/mol. The van der Waals surface area contributed by atoms with E-state index in [1.807, 2.05) is 0 Å². The van der Waals surface area contributed by atoms with Gasteiger partial charge in [0.2, 0.25) is 0 Å². The number of nitrogens with zero attached hydrogens (tertiary/aromatic N) is 1. The van der Waals surface area contributed by atoms with Crippen molar-refractivity contribution in [3.05, 3.63) is 4.91 Å². The third kappa shape index (κ3) is 7.85. The molecule has 0 rings (SSSR count). The highest BCUT2D eigenvalue weighted by molar-refractivity contribution is 9.09. The van der Waals surface area contributed by atoms with Crippen molar-refractivity contribution in [2.75, 3.05) is 5.33 Å². The van der Waals surface area contributed by atoms with Crippen molar-refractivity contribution in [1.29, 1.82) is 0 Å². The number of carbonyl (C=O) groups excluding carboxylic acids is 1. The lowest BCUT2D eigenvalue weighted by Gasteiger charge is -1.96. The molecular formula is C8H14BrNO2. The van der Waals surface area contributed by atoms with E-state index < -0.39 is 5.91 Å².